The van der Waals surface area contributed by atoms with Crippen LogP contribution in [0.1, 0.15) is 48.5 Å². The van der Waals surface area contributed by atoms with E-state index < -0.39 is 5.41 Å². The van der Waals surface area contributed by atoms with E-state index in [1.165, 1.54) is 0 Å². The zero-order valence-corrected chi connectivity index (χ0v) is 14.6. The zero-order valence-electron chi connectivity index (χ0n) is 14.6. The van der Waals surface area contributed by atoms with Gasteiger partial charge in [-0.05, 0) is 45.3 Å². The average Bonchev–Trinajstić information content (AvgIpc) is 2.58. The fourth-order valence-electron chi connectivity index (χ4n) is 2.02. The van der Waals surface area contributed by atoms with Crippen molar-refractivity contribution in [3.8, 4) is 0 Å². The molecule has 0 atom stereocenters. The minimum atomic E-state index is -0.412. The molecule has 0 unspecified atom stereocenters. The van der Waals surface area contributed by atoms with Crippen LogP contribution in [0.2, 0.25) is 0 Å². The molecular weight excluding hydrogens is 277 g/mol. The summed E-state index contributed by atoms with van der Waals surface area (Å²) in [6.45, 7) is 13.8. The van der Waals surface area contributed by atoms with Gasteiger partial charge in [0.2, 0.25) is 5.91 Å². The molecule has 22 heavy (non-hydrogen) atoms. The van der Waals surface area contributed by atoms with E-state index in [1.54, 1.807) is 0 Å². The summed E-state index contributed by atoms with van der Waals surface area (Å²) in [5.74, 6) is -0.00381. The van der Waals surface area contributed by atoms with Crippen LogP contribution >= 0.6 is 0 Å². The van der Waals surface area contributed by atoms with Crippen molar-refractivity contribution in [2.45, 2.75) is 59.7 Å². The molecule has 120 valence electrons. The number of rotatable bonds is 2. The summed E-state index contributed by atoms with van der Waals surface area (Å²) >= 11 is 0. The molecule has 0 radical (unpaired) electrons. The van der Waals surface area contributed by atoms with E-state index in [0.29, 0.717) is 0 Å². The van der Waals surface area contributed by atoms with E-state index in [4.69, 9.17) is 9.31 Å². The summed E-state index contributed by atoms with van der Waals surface area (Å²) in [6.07, 6.45) is 0. The van der Waals surface area contributed by atoms with Crippen molar-refractivity contribution in [2.75, 3.05) is 5.32 Å². The third-order valence-corrected chi connectivity index (χ3v) is 4.38. The van der Waals surface area contributed by atoms with Crippen molar-refractivity contribution in [2.24, 2.45) is 5.41 Å². The SMILES string of the molecule is CC(C)(C)C(=O)Nc1ccc(B2OC(C)(C)C(C)(C)O2)cc1. The molecule has 1 amide bonds. The Morgan fingerprint density at radius 3 is 1.86 bits per heavy atom. The largest absolute Gasteiger partial charge is 0.494 e. The quantitative estimate of drug-likeness (QED) is 0.855. The summed E-state index contributed by atoms with van der Waals surface area (Å²) in [4.78, 5) is 12.0. The molecule has 4 nitrogen and oxygen atoms in total. The normalized spacial score (nSPS) is 20.0. The molecule has 1 fully saturated rings. The van der Waals surface area contributed by atoms with Gasteiger partial charge in [0.25, 0.3) is 0 Å². The minimum absolute atomic E-state index is 0.00381. The predicted molar refractivity (Wildman–Crippen MR) is 90.2 cm³/mol. The van der Waals surface area contributed by atoms with E-state index in [-0.39, 0.29) is 24.2 Å². The summed E-state index contributed by atoms with van der Waals surface area (Å²) in [5.41, 5.74) is 0.616. The monoisotopic (exact) mass is 303 g/mol. The highest BCUT2D eigenvalue weighted by molar-refractivity contribution is 6.62. The molecule has 0 aliphatic carbocycles. The van der Waals surface area contributed by atoms with Crippen LogP contribution in [0.15, 0.2) is 24.3 Å². The van der Waals surface area contributed by atoms with E-state index >= 15 is 0 Å². The van der Waals surface area contributed by atoms with Crippen LogP contribution in [-0.2, 0) is 14.1 Å². The number of hydrogen-bond acceptors (Lipinski definition) is 3. The Morgan fingerprint density at radius 1 is 1.00 bits per heavy atom. The first-order valence-corrected chi connectivity index (χ1v) is 7.69. The van der Waals surface area contributed by atoms with Gasteiger partial charge in [-0.2, -0.15) is 0 Å². The lowest BCUT2D eigenvalue weighted by Crippen LogP contribution is -2.41. The number of hydrogen-bond donors (Lipinski definition) is 1. The first kappa shape index (κ1) is 17.0. The molecule has 1 aromatic rings. The van der Waals surface area contributed by atoms with Crippen molar-refractivity contribution in [3.63, 3.8) is 0 Å². The molecule has 1 heterocycles. The Bertz CT molecular complexity index is 542. The molecule has 0 spiro atoms. The summed E-state index contributed by atoms with van der Waals surface area (Å²) in [6, 6.07) is 7.62. The number of carbonyl (C=O) groups is 1. The molecule has 1 saturated heterocycles. The van der Waals surface area contributed by atoms with Gasteiger partial charge in [0, 0.05) is 11.1 Å². The fourth-order valence-corrected chi connectivity index (χ4v) is 2.02. The topological polar surface area (TPSA) is 47.6 Å². The first-order chi connectivity index (χ1) is 9.92. The first-order valence-electron chi connectivity index (χ1n) is 7.69. The van der Waals surface area contributed by atoms with Crippen LogP contribution in [0.25, 0.3) is 0 Å². The molecule has 1 aliphatic heterocycles. The van der Waals surface area contributed by atoms with Crippen molar-refractivity contribution < 1.29 is 14.1 Å². The highest BCUT2D eigenvalue weighted by Crippen LogP contribution is 2.36. The van der Waals surface area contributed by atoms with Gasteiger partial charge in [0.05, 0.1) is 11.2 Å². The summed E-state index contributed by atoms with van der Waals surface area (Å²) in [5, 5.41) is 2.91. The Kier molecular flexibility index (Phi) is 4.17. The average molecular weight is 303 g/mol. The van der Waals surface area contributed by atoms with Crippen LogP contribution < -0.4 is 10.8 Å². The fraction of sp³-hybridized carbons (Fsp3) is 0.588. The molecule has 1 aliphatic rings. The maximum atomic E-state index is 12.0. The summed E-state index contributed by atoms with van der Waals surface area (Å²) < 4.78 is 12.0. The van der Waals surface area contributed by atoms with Gasteiger partial charge in [-0.15, -0.1) is 0 Å². The third kappa shape index (κ3) is 3.36. The van der Waals surface area contributed by atoms with E-state index in [2.05, 4.69) is 5.32 Å². The van der Waals surface area contributed by atoms with Crippen molar-refractivity contribution in [1.82, 2.24) is 0 Å². The van der Waals surface area contributed by atoms with Gasteiger partial charge in [-0.1, -0.05) is 32.9 Å². The standard InChI is InChI=1S/C17H26BNO3/c1-15(2,3)14(20)19-13-10-8-12(9-11-13)18-21-16(4,5)17(6,7)22-18/h8-11H,1-7H3,(H,19,20). The second-order valence-electron chi connectivity index (χ2n) is 7.91. The van der Waals surface area contributed by atoms with Gasteiger partial charge in [-0.25, -0.2) is 0 Å². The maximum Gasteiger partial charge on any atom is 0.494 e. The van der Waals surface area contributed by atoms with Gasteiger partial charge >= 0.3 is 7.12 Å². The lowest BCUT2D eigenvalue weighted by atomic mass is 9.79. The van der Waals surface area contributed by atoms with E-state index in [1.807, 2.05) is 72.7 Å². The van der Waals surface area contributed by atoms with Crippen LogP contribution in [0.4, 0.5) is 5.69 Å². The Hall–Kier alpha value is -1.33. The van der Waals surface area contributed by atoms with Crippen LogP contribution in [0, 0.1) is 5.41 Å². The zero-order chi connectivity index (χ0) is 16.8. The Balaban J connectivity index is 2.09. The molecular formula is C17H26BNO3. The number of nitrogens with one attached hydrogen (secondary N) is 1. The molecule has 0 bridgehead atoms. The molecule has 0 aromatic heterocycles. The second kappa shape index (κ2) is 5.39. The lowest BCUT2D eigenvalue weighted by molar-refractivity contribution is -0.123. The Labute approximate surface area is 133 Å². The van der Waals surface area contributed by atoms with Crippen molar-refractivity contribution in [1.29, 1.82) is 0 Å². The number of anilines is 1. The molecule has 0 saturated carbocycles. The van der Waals surface area contributed by atoms with Crippen molar-refractivity contribution in [3.05, 3.63) is 24.3 Å². The van der Waals surface area contributed by atoms with Crippen LogP contribution in [0.3, 0.4) is 0 Å². The van der Waals surface area contributed by atoms with Gasteiger partial charge < -0.3 is 14.6 Å². The molecule has 1 aromatic carbocycles. The smallest absolute Gasteiger partial charge is 0.399 e. The lowest BCUT2D eigenvalue weighted by Gasteiger charge is -2.32. The predicted octanol–water partition coefficient (Wildman–Crippen LogP) is 2.97. The van der Waals surface area contributed by atoms with Crippen LogP contribution in [-0.4, -0.2) is 24.2 Å². The second-order valence-corrected chi connectivity index (χ2v) is 7.91. The maximum absolute atomic E-state index is 12.0. The van der Waals surface area contributed by atoms with Crippen molar-refractivity contribution >= 4 is 24.2 Å². The van der Waals surface area contributed by atoms with E-state index in [9.17, 15) is 4.79 Å². The van der Waals surface area contributed by atoms with Crippen LogP contribution in [0.5, 0.6) is 0 Å². The number of carbonyl (C=O) groups excluding carboxylic acids is 1. The number of amides is 1. The van der Waals surface area contributed by atoms with Gasteiger partial charge in [0.15, 0.2) is 0 Å². The highest BCUT2D eigenvalue weighted by atomic mass is 16.7. The molecule has 5 heteroatoms. The molecule has 2 rings (SSSR count). The summed E-state index contributed by atoms with van der Waals surface area (Å²) in [7, 11) is -0.377. The number of benzene rings is 1. The van der Waals surface area contributed by atoms with E-state index in [0.717, 1.165) is 11.2 Å². The highest BCUT2D eigenvalue weighted by Gasteiger charge is 2.51. The third-order valence-electron chi connectivity index (χ3n) is 4.38. The Morgan fingerprint density at radius 2 is 1.45 bits per heavy atom. The minimum Gasteiger partial charge on any atom is -0.399 e. The van der Waals surface area contributed by atoms with Gasteiger partial charge in [0.1, 0.15) is 0 Å². The van der Waals surface area contributed by atoms with Gasteiger partial charge in [-0.3, -0.25) is 4.79 Å². The molecule has 1 N–H and O–H groups in total.